The quantitative estimate of drug-likeness (QED) is 0.434. The van der Waals surface area contributed by atoms with Crippen LogP contribution in [0.4, 0.5) is 11.6 Å². The Kier molecular flexibility index (Phi) is 5.34. The number of anilines is 2. The van der Waals surface area contributed by atoms with E-state index in [2.05, 4.69) is 17.9 Å². The smallest absolute Gasteiger partial charge is 0.312 e. The zero-order valence-corrected chi connectivity index (χ0v) is 20.1. The number of hydrogen-bond acceptors (Lipinski definition) is 4. The molecular formula is C24H23Cl2N5O2. The Morgan fingerprint density at radius 1 is 1.09 bits per heavy atom. The Labute approximate surface area is 200 Å². The number of fused-ring (bicyclic) bond motifs is 3. The van der Waals surface area contributed by atoms with E-state index in [0.717, 1.165) is 17.8 Å². The van der Waals surface area contributed by atoms with Gasteiger partial charge in [0.15, 0.2) is 11.2 Å². The zero-order chi connectivity index (χ0) is 23.4. The van der Waals surface area contributed by atoms with Gasteiger partial charge in [-0.05, 0) is 48.2 Å². The molecule has 0 fully saturated rings. The summed E-state index contributed by atoms with van der Waals surface area (Å²) in [5.74, 6) is 0.953. The van der Waals surface area contributed by atoms with Gasteiger partial charge in [-0.3, -0.25) is 13.9 Å². The number of nitrogens with zero attached hydrogens (tertiary/aromatic N) is 5. The molecule has 9 heteroatoms. The van der Waals surface area contributed by atoms with Gasteiger partial charge in [0.1, 0.15) is 0 Å². The Balaban J connectivity index is 1.72. The molecule has 7 nitrogen and oxygen atoms in total. The van der Waals surface area contributed by atoms with E-state index in [9.17, 15) is 9.59 Å². The van der Waals surface area contributed by atoms with Crippen LogP contribution in [-0.4, -0.2) is 25.2 Å². The van der Waals surface area contributed by atoms with Crippen LogP contribution in [0.3, 0.4) is 0 Å². The van der Waals surface area contributed by atoms with E-state index in [1.165, 1.54) is 9.13 Å². The van der Waals surface area contributed by atoms with Crippen LogP contribution in [0.2, 0.25) is 10.0 Å². The van der Waals surface area contributed by atoms with Crippen molar-refractivity contribution in [3.05, 3.63) is 84.5 Å². The maximum Gasteiger partial charge on any atom is 0.332 e. The molecule has 0 amide bonds. The fourth-order valence-corrected chi connectivity index (χ4v) is 4.95. The van der Waals surface area contributed by atoms with Gasteiger partial charge >= 0.3 is 5.69 Å². The summed E-state index contributed by atoms with van der Waals surface area (Å²) in [6, 6.07) is 13.2. The van der Waals surface area contributed by atoms with Crippen molar-refractivity contribution in [1.82, 2.24) is 18.7 Å². The largest absolute Gasteiger partial charge is 0.332 e. The Morgan fingerprint density at radius 3 is 2.61 bits per heavy atom. The van der Waals surface area contributed by atoms with E-state index in [1.807, 2.05) is 29.7 Å². The third-order valence-electron chi connectivity index (χ3n) is 6.10. The van der Waals surface area contributed by atoms with Crippen LogP contribution in [0.5, 0.6) is 0 Å². The first-order chi connectivity index (χ1) is 15.7. The summed E-state index contributed by atoms with van der Waals surface area (Å²) in [5, 5.41) is 0.903. The number of halogens is 2. The molecule has 1 atom stereocenters. The number of aromatic nitrogens is 4. The van der Waals surface area contributed by atoms with Gasteiger partial charge in [0.2, 0.25) is 5.95 Å². The number of imidazole rings is 1. The molecule has 0 N–H and O–H groups in total. The highest BCUT2D eigenvalue weighted by atomic mass is 35.5. The summed E-state index contributed by atoms with van der Waals surface area (Å²) >= 11 is 12.3. The molecule has 33 heavy (non-hydrogen) atoms. The normalized spacial score (nSPS) is 15.8. The van der Waals surface area contributed by atoms with Crippen LogP contribution in [0.25, 0.3) is 11.2 Å². The van der Waals surface area contributed by atoms with Crippen molar-refractivity contribution in [3.8, 4) is 0 Å². The second-order valence-electron chi connectivity index (χ2n) is 8.72. The number of benzene rings is 2. The van der Waals surface area contributed by atoms with E-state index >= 15 is 0 Å². The fraction of sp³-hybridized carbons (Fsp3) is 0.292. The summed E-state index contributed by atoms with van der Waals surface area (Å²) in [6.45, 7) is 5.66. The summed E-state index contributed by atoms with van der Waals surface area (Å²) in [5.41, 5.74) is 2.78. The van der Waals surface area contributed by atoms with Gasteiger partial charge in [0, 0.05) is 35.9 Å². The monoisotopic (exact) mass is 483 g/mol. The predicted octanol–water partition coefficient (Wildman–Crippen LogP) is 4.35. The lowest BCUT2D eigenvalue weighted by molar-refractivity contribution is 0.458. The molecule has 2 aromatic carbocycles. The van der Waals surface area contributed by atoms with Crippen LogP contribution in [0, 0.1) is 12.8 Å². The van der Waals surface area contributed by atoms with Crippen molar-refractivity contribution in [2.45, 2.75) is 26.9 Å². The van der Waals surface area contributed by atoms with Gasteiger partial charge in [0.25, 0.3) is 5.56 Å². The molecule has 1 unspecified atom stereocenters. The molecule has 0 radical (unpaired) electrons. The zero-order valence-electron chi connectivity index (χ0n) is 18.5. The average molecular weight is 484 g/mol. The predicted molar refractivity (Wildman–Crippen MR) is 132 cm³/mol. The van der Waals surface area contributed by atoms with Crippen molar-refractivity contribution in [2.75, 3.05) is 11.4 Å². The molecule has 0 saturated heterocycles. The molecule has 2 aromatic heterocycles. The van der Waals surface area contributed by atoms with Gasteiger partial charge < -0.3 is 9.47 Å². The highest BCUT2D eigenvalue weighted by molar-refractivity contribution is 6.35. The Hall–Kier alpha value is -3.03. The van der Waals surface area contributed by atoms with Crippen molar-refractivity contribution in [3.63, 3.8) is 0 Å². The van der Waals surface area contributed by atoms with Crippen molar-refractivity contribution >= 4 is 46.0 Å². The number of aryl methyl sites for hydroxylation is 2. The molecule has 1 aliphatic rings. The summed E-state index contributed by atoms with van der Waals surface area (Å²) in [4.78, 5) is 33.7. The SMILES string of the molecule is Cc1cccc(N2CC(C)Cn3c2nc2c3c(=O)n(Cc3ccc(Cl)cc3Cl)c(=O)n2C)c1. The Bertz CT molecular complexity index is 1520. The highest BCUT2D eigenvalue weighted by Gasteiger charge is 2.30. The van der Waals surface area contributed by atoms with E-state index in [1.54, 1.807) is 25.2 Å². The molecular weight excluding hydrogens is 461 g/mol. The standard InChI is InChI=1S/C24H23Cl2N5O2/c1-14-5-4-6-18(9-14)29-11-15(2)12-30-20-21(27-23(29)30)28(3)24(33)31(22(20)32)13-16-7-8-17(25)10-19(16)26/h4-10,15H,11-13H2,1-3H3. The number of rotatable bonds is 3. The highest BCUT2D eigenvalue weighted by Crippen LogP contribution is 2.33. The summed E-state index contributed by atoms with van der Waals surface area (Å²) in [6.07, 6.45) is 0. The first-order valence-electron chi connectivity index (χ1n) is 10.7. The molecule has 0 bridgehead atoms. The molecule has 1 aliphatic heterocycles. The molecule has 0 saturated carbocycles. The second-order valence-corrected chi connectivity index (χ2v) is 9.56. The molecule has 4 aromatic rings. The van der Waals surface area contributed by atoms with Gasteiger partial charge in [-0.1, -0.05) is 48.3 Å². The number of hydrogen-bond donors (Lipinski definition) is 0. The van der Waals surface area contributed by atoms with E-state index in [4.69, 9.17) is 28.2 Å². The minimum absolute atomic E-state index is 0.0507. The van der Waals surface area contributed by atoms with Gasteiger partial charge in [-0.2, -0.15) is 4.98 Å². The van der Waals surface area contributed by atoms with Gasteiger partial charge in [-0.25, -0.2) is 4.79 Å². The molecule has 0 aliphatic carbocycles. The lowest BCUT2D eigenvalue weighted by Crippen LogP contribution is -2.40. The van der Waals surface area contributed by atoms with Crippen molar-refractivity contribution in [2.24, 2.45) is 13.0 Å². The lowest BCUT2D eigenvalue weighted by atomic mass is 10.1. The minimum atomic E-state index is -0.441. The van der Waals surface area contributed by atoms with Crippen molar-refractivity contribution < 1.29 is 0 Å². The molecule has 3 heterocycles. The third-order valence-corrected chi connectivity index (χ3v) is 6.69. The Morgan fingerprint density at radius 2 is 1.88 bits per heavy atom. The first kappa shape index (κ1) is 21.8. The topological polar surface area (TPSA) is 65.1 Å². The van der Waals surface area contributed by atoms with Gasteiger partial charge in [0.05, 0.1) is 6.54 Å². The summed E-state index contributed by atoms with van der Waals surface area (Å²) < 4.78 is 4.58. The van der Waals surface area contributed by atoms with Gasteiger partial charge in [-0.15, -0.1) is 0 Å². The van der Waals surface area contributed by atoms with E-state index in [-0.39, 0.29) is 18.0 Å². The van der Waals surface area contributed by atoms with E-state index in [0.29, 0.717) is 39.3 Å². The van der Waals surface area contributed by atoms with Crippen molar-refractivity contribution in [1.29, 1.82) is 0 Å². The first-order valence-corrected chi connectivity index (χ1v) is 11.5. The summed E-state index contributed by atoms with van der Waals surface area (Å²) in [7, 11) is 1.64. The maximum absolute atomic E-state index is 13.6. The van der Waals surface area contributed by atoms with Crippen LogP contribution in [0.15, 0.2) is 52.1 Å². The third kappa shape index (κ3) is 3.65. The molecule has 5 rings (SSSR count). The molecule has 170 valence electrons. The van der Waals surface area contributed by atoms with Crippen LogP contribution in [-0.2, 0) is 20.1 Å². The maximum atomic E-state index is 13.6. The van der Waals surface area contributed by atoms with Crippen LogP contribution < -0.4 is 16.1 Å². The van der Waals surface area contributed by atoms with Crippen LogP contribution >= 0.6 is 23.2 Å². The average Bonchev–Trinajstić information content (AvgIpc) is 3.15. The minimum Gasteiger partial charge on any atom is -0.312 e. The molecule has 0 spiro atoms. The second kappa shape index (κ2) is 8.08. The van der Waals surface area contributed by atoms with E-state index < -0.39 is 5.69 Å². The fourth-order valence-electron chi connectivity index (χ4n) is 4.48. The lowest BCUT2D eigenvalue weighted by Gasteiger charge is -2.33. The van der Waals surface area contributed by atoms with Crippen LogP contribution in [0.1, 0.15) is 18.1 Å².